The van der Waals surface area contributed by atoms with Crippen LogP contribution in [0.25, 0.3) is 0 Å². The van der Waals surface area contributed by atoms with E-state index in [0.717, 1.165) is 12.8 Å². The van der Waals surface area contributed by atoms with E-state index < -0.39 is 5.60 Å². The molecular weight excluding hydrogens is 244 g/mol. The molecule has 0 aromatic rings. The Balaban J connectivity index is 2.52. The second-order valence-corrected chi connectivity index (χ2v) is 5.69. The smallest absolute Gasteiger partial charge is 0.410 e. The number of ether oxygens (including phenoxy) is 1. The SMILES string of the molecule is C#CCNC(=O)[C@@H]1CCCN(C(=O)OC(C)(C)C)C1. The second-order valence-electron chi connectivity index (χ2n) is 5.69. The first kappa shape index (κ1) is 15.4. The minimum Gasteiger partial charge on any atom is -0.444 e. The van der Waals surface area contributed by atoms with Gasteiger partial charge in [0.25, 0.3) is 0 Å². The average molecular weight is 266 g/mol. The van der Waals surface area contributed by atoms with Crippen molar-refractivity contribution in [2.24, 2.45) is 5.92 Å². The summed E-state index contributed by atoms with van der Waals surface area (Å²) in [6, 6.07) is 0. The molecule has 0 aromatic carbocycles. The summed E-state index contributed by atoms with van der Waals surface area (Å²) in [7, 11) is 0. The third kappa shape index (κ3) is 5.21. The zero-order chi connectivity index (χ0) is 14.5. The van der Waals surface area contributed by atoms with Gasteiger partial charge in [-0.25, -0.2) is 4.79 Å². The number of nitrogens with zero attached hydrogens (tertiary/aromatic N) is 1. The highest BCUT2D eigenvalue weighted by Gasteiger charge is 2.30. The van der Waals surface area contributed by atoms with E-state index in [1.54, 1.807) is 4.90 Å². The molecule has 0 bridgehead atoms. The van der Waals surface area contributed by atoms with Crippen molar-refractivity contribution in [1.82, 2.24) is 10.2 Å². The van der Waals surface area contributed by atoms with Crippen LogP contribution in [-0.2, 0) is 9.53 Å². The van der Waals surface area contributed by atoms with E-state index in [2.05, 4.69) is 11.2 Å². The normalized spacial score (nSPS) is 19.5. The van der Waals surface area contributed by atoms with E-state index in [0.29, 0.717) is 13.1 Å². The Morgan fingerprint density at radius 1 is 1.47 bits per heavy atom. The van der Waals surface area contributed by atoms with Crippen molar-refractivity contribution < 1.29 is 14.3 Å². The molecule has 0 aliphatic carbocycles. The molecule has 1 atom stereocenters. The van der Waals surface area contributed by atoms with Crippen molar-refractivity contribution in [3.63, 3.8) is 0 Å². The lowest BCUT2D eigenvalue weighted by molar-refractivity contribution is -0.126. The molecule has 0 aromatic heterocycles. The number of hydrogen-bond donors (Lipinski definition) is 1. The first-order valence-electron chi connectivity index (χ1n) is 6.52. The van der Waals surface area contributed by atoms with Gasteiger partial charge < -0.3 is 15.0 Å². The summed E-state index contributed by atoms with van der Waals surface area (Å²) in [6.07, 6.45) is 6.32. The van der Waals surface area contributed by atoms with Gasteiger partial charge in [-0.3, -0.25) is 4.79 Å². The fraction of sp³-hybridized carbons (Fsp3) is 0.714. The van der Waals surface area contributed by atoms with Crippen LogP contribution in [0.5, 0.6) is 0 Å². The maximum Gasteiger partial charge on any atom is 0.410 e. The molecule has 19 heavy (non-hydrogen) atoms. The summed E-state index contributed by atoms with van der Waals surface area (Å²) in [6.45, 7) is 6.73. The van der Waals surface area contributed by atoms with Gasteiger partial charge in [0, 0.05) is 13.1 Å². The van der Waals surface area contributed by atoms with Crippen LogP contribution in [0.4, 0.5) is 4.79 Å². The largest absolute Gasteiger partial charge is 0.444 e. The van der Waals surface area contributed by atoms with Crippen LogP contribution >= 0.6 is 0 Å². The Labute approximate surface area is 114 Å². The van der Waals surface area contributed by atoms with Gasteiger partial charge in [-0.15, -0.1) is 6.42 Å². The lowest BCUT2D eigenvalue weighted by Crippen LogP contribution is -2.47. The number of likely N-dealkylation sites (tertiary alicyclic amines) is 1. The van der Waals surface area contributed by atoms with E-state index in [9.17, 15) is 9.59 Å². The molecule has 1 aliphatic heterocycles. The van der Waals surface area contributed by atoms with Gasteiger partial charge in [0.05, 0.1) is 12.5 Å². The number of nitrogens with one attached hydrogen (secondary N) is 1. The van der Waals surface area contributed by atoms with Crippen molar-refractivity contribution >= 4 is 12.0 Å². The third-order valence-electron chi connectivity index (χ3n) is 2.81. The van der Waals surface area contributed by atoms with E-state index in [4.69, 9.17) is 11.2 Å². The van der Waals surface area contributed by atoms with Crippen molar-refractivity contribution in [1.29, 1.82) is 0 Å². The number of carbonyl (C=O) groups is 2. The molecule has 1 rings (SSSR count). The minimum atomic E-state index is -0.518. The number of terminal acetylenes is 1. The van der Waals surface area contributed by atoms with E-state index >= 15 is 0 Å². The van der Waals surface area contributed by atoms with Gasteiger partial charge in [-0.2, -0.15) is 0 Å². The number of amides is 2. The van der Waals surface area contributed by atoms with Gasteiger partial charge in [-0.1, -0.05) is 5.92 Å². The van der Waals surface area contributed by atoms with Crippen molar-refractivity contribution in [3.05, 3.63) is 0 Å². The molecule has 2 amide bonds. The summed E-state index contributed by atoms with van der Waals surface area (Å²) in [5, 5.41) is 2.66. The minimum absolute atomic E-state index is 0.0915. The predicted molar refractivity (Wildman–Crippen MR) is 72.4 cm³/mol. The van der Waals surface area contributed by atoms with E-state index in [1.165, 1.54) is 0 Å². The Hall–Kier alpha value is -1.70. The molecule has 0 unspecified atom stereocenters. The first-order chi connectivity index (χ1) is 8.83. The fourth-order valence-electron chi connectivity index (χ4n) is 1.97. The molecule has 106 valence electrons. The van der Waals surface area contributed by atoms with Gasteiger partial charge in [0.2, 0.25) is 5.91 Å². The quantitative estimate of drug-likeness (QED) is 0.768. The average Bonchev–Trinajstić information content (AvgIpc) is 2.34. The molecule has 0 saturated carbocycles. The summed E-state index contributed by atoms with van der Waals surface area (Å²) in [5.41, 5.74) is -0.518. The monoisotopic (exact) mass is 266 g/mol. The summed E-state index contributed by atoms with van der Waals surface area (Å²) in [4.78, 5) is 25.4. The predicted octanol–water partition coefficient (Wildman–Crippen LogP) is 1.38. The first-order valence-corrected chi connectivity index (χ1v) is 6.52. The van der Waals surface area contributed by atoms with Gasteiger partial charge >= 0.3 is 6.09 Å². The fourth-order valence-corrected chi connectivity index (χ4v) is 1.97. The molecule has 1 heterocycles. The van der Waals surface area contributed by atoms with Crippen molar-refractivity contribution in [2.75, 3.05) is 19.6 Å². The van der Waals surface area contributed by atoms with Gasteiger partial charge in [0.15, 0.2) is 0 Å². The maximum absolute atomic E-state index is 11.9. The van der Waals surface area contributed by atoms with E-state index in [1.807, 2.05) is 20.8 Å². The molecule has 1 N–H and O–H groups in total. The highest BCUT2D eigenvalue weighted by Crippen LogP contribution is 2.19. The van der Waals surface area contributed by atoms with Crippen molar-refractivity contribution in [3.8, 4) is 12.3 Å². The maximum atomic E-state index is 11.9. The Morgan fingerprint density at radius 3 is 2.74 bits per heavy atom. The molecule has 0 spiro atoms. The standard InChI is InChI=1S/C14H22N2O3/c1-5-8-15-12(17)11-7-6-9-16(10-11)13(18)19-14(2,3)4/h1,11H,6-10H2,2-4H3,(H,15,17)/t11-/m1/s1. The highest BCUT2D eigenvalue weighted by atomic mass is 16.6. The van der Waals surface area contributed by atoms with Gasteiger partial charge in [-0.05, 0) is 33.6 Å². The molecule has 1 saturated heterocycles. The Morgan fingerprint density at radius 2 is 2.16 bits per heavy atom. The lowest BCUT2D eigenvalue weighted by atomic mass is 9.97. The highest BCUT2D eigenvalue weighted by molar-refractivity contribution is 5.80. The topological polar surface area (TPSA) is 58.6 Å². The third-order valence-corrected chi connectivity index (χ3v) is 2.81. The molecule has 5 nitrogen and oxygen atoms in total. The van der Waals surface area contributed by atoms with Crippen molar-refractivity contribution in [2.45, 2.75) is 39.2 Å². The number of hydrogen-bond acceptors (Lipinski definition) is 3. The summed E-state index contributed by atoms with van der Waals surface area (Å²) < 4.78 is 5.31. The number of rotatable bonds is 2. The molecule has 1 fully saturated rings. The Bertz CT molecular complexity index is 379. The molecule has 1 aliphatic rings. The zero-order valence-corrected chi connectivity index (χ0v) is 11.9. The zero-order valence-electron chi connectivity index (χ0n) is 11.9. The van der Waals surface area contributed by atoms with Crippen LogP contribution in [0.3, 0.4) is 0 Å². The molecule has 5 heteroatoms. The number of piperidine rings is 1. The van der Waals surface area contributed by atoms with E-state index in [-0.39, 0.29) is 24.5 Å². The van der Waals surface area contributed by atoms with Crippen LogP contribution in [0, 0.1) is 18.3 Å². The molecule has 0 radical (unpaired) electrons. The van der Waals surface area contributed by atoms with Crippen LogP contribution in [-0.4, -0.2) is 42.1 Å². The van der Waals surface area contributed by atoms with Gasteiger partial charge in [0.1, 0.15) is 5.60 Å². The summed E-state index contributed by atoms with van der Waals surface area (Å²) >= 11 is 0. The molecular formula is C14H22N2O3. The Kier molecular flexibility index (Phi) is 5.22. The second kappa shape index (κ2) is 6.46. The van der Waals surface area contributed by atoms with Crippen LogP contribution < -0.4 is 5.32 Å². The lowest BCUT2D eigenvalue weighted by Gasteiger charge is -2.33. The van der Waals surface area contributed by atoms with Crippen LogP contribution in [0.15, 0.2) is 0 Å². The number of carbonyl (C=O) groups excluding carboxylic acids is 2. The summed E-state index contributed by atoms with van der Waals surface area (Å²) in [5.74, 6) is 2.07. The van der Waals surface area contributed by atoms with Crippen LogP contribution in [0.2, 0.25) is 0 Å². The van der Waals surface area contributed by atoms with Crippen LogP contribution in [0.1, 0.15) is 33.6 Å².